The summed E-state index contributed by atoms with van der Waals surface area (Å²) in [4.78, 5) is 0. The van der Waals surface area contributed by atoms with Gasteiger partial charge in [-0.1, -0.05) is 82.7 Å². The second-order valence-electron chi connectivity index (χ2n) is 2.95. The molecule has 0 heterocycles. The van der Waals surface area contributed by atoms with Crippen molar-refractivity contribution in [3.8, 4) is 0 Å². The summed E-state index contributed by atoms with van der Waals surface area (Å²) in [5.41, 5.74) is 2.78. The Morgan fingerprint density at radius 2 is 1.11 bits per heavy atom. The van der Waals surface area contributed by atoms with Crippen molar-refractivity contribution in [1.29, 1.82) is 0 Å². The van der Waals surface area contributed by atoms with E-state index in [1.807, 2.05) is 0 Å². The third kappa shape index (κ3) is 13.2. The molecule has 0 radical (unpaired) electrons. The van der Waals surface area contributed by atoms with Gasteiger partial charge < -0.3 is 5.32 Å². The van der Waals surface area contributed by atoms with E-state index < -0.39 is 0 Å². The molecule has 0 amide bonds. The lowest BCUT2D eigenvalue weighted by atomic mass is 10.1. The van der Waals surface area contributed by atoms with Crippen molar-refractivity contribution in [1.82, 2.24) is 5.32 Å². The lowest BCUT2D eigenvalue weighted by Crippen LogP contribution is -2.11. The van der Waals surface area contributed by atoms with Crippen LogP contribution in [0.4, 0.5) is 0 Å². The summed E-state index contributed by atoms with van der Waals surface area (Å²) in [5.74, 6) is 0. The van der Waals surface area contributed by atoms with Crippen LogP contribution in [0.2, 0.25) is 0 Å². The Morgan fingerprint density at radius 1 is 0.722 bits per heavy atom. The van der Waals surface area contributed by atoms with Gasteiger partial charge in [-0.3, -0.25) is 0 Å². The van der Waals surface area contributed by atoms with Crippen LogP contribution in [0.5, 0.6) is 0 Å². The van der Waals surface area contributed by atoms with Crippen LogP contribution in [0.25, 0.3) is 0 Å². The number of hydrogen-bond donors (Lipinski definition) is 1. The van der Waals surface area contributed by atoms with Gasteiger partial charge in [-0.05, 0) is 24.1 Å². The lowest BCUT2D eigenvalue weighted by molar-refractivity contribution is 0.726. The number of nitrogens with one attached hydrogen (secondary N) is 1. The largest absolute Gasteiger partial charge is 0.313 e. The van der Waals surface area contributed by atoms with E-state index in [0.29, 0.717) is 0 Å². The first-order valence-electron chi connectivity index (χ1n) is 4.65. The van der Waals surface area contributed by atoms with Crippen molar-refractivity contribution in [3.63, 3.8) is 0 Å². The van der Waals surface area contributed by atoms with Crippen molar-refractivity contribution in [2.75, 3.05) is 6.54 Å². The summed E-state index contributed by atoms with van der Waals surface area (Å²) in [5, 5.41) is 3.30. The monoisotopic (exact) mass is 259 g/mol. The summed E-state index contributed by atoms with van der Waals surface area (Å²) in [6.07, 6.45) is 1.13. The van der Waals surface area contributed by atoms with Gasteiger partial charge in [0.1, 0.15) is 0 Å². The normalized spacial score (nSPS) is 6.78. The first-order valence-corrected chi connectivity index (χ1v) is 4.65. The summed E-state index contributed by atoms with van der Waals surface area (Å²) >= 11 is 0. The Balaban J connectivity index is -0.0000000600. The number of hydrogen-bond acceptors (Lipinski definition) is 1. The zero-order valence-electron chi connectivity index (χ0n) is 7.93. The van der Waals surface area contributed by atoms with Gasteiger partial charge >= 0.3 is 0 Å². The van der Waals surface area contributed by atoms with E-state index >= 15 is 0 Å². The molecule has 18 heavy (non-hydrogen) atoms. The van der Waals surface area contributed by atoms with Crippen molar-refractivity contribution in [2.45, 2.75) is 71.4 Å². The lowest BCUT2D eigenvalue weighted by Gasteiger charge is -2.02. The number of rotatable bonds is 4. The molecule has 0 aliphatic carbocycles. The van der Waals surface area contributed by atoms with Crippen LogP contribution < -0.4 is 5.32 Å². The first-order chi connectivity index (χ1) is 5.86. The topological polar surface area (TPSA) is 12.0 Å². The molecule has 0 saturated heterocycles. The van der Waals surface area contributed by atoms with Crippen molar-refractivity contribution in [3.05, 3.63) is 35.4 Å². The molecule has 0 fully saturated rings. The zero-order valence-corrected chi connectivity index (χ0v) is 7.93. The predicted octanol–water partition coefficient (Wildman–Crippen LogP) is 6.18. The first kappa shape index (κ1) is 36.0. The quantitative estimate of drug-likeness (QED) is 0.681. The molecular formula is C17H41N. The maximum absolute atomic E-state index is 3.30. The van der Waals surface area contributed by atoms with Crippen LogP contribution in [0.15, 0.2) is 24.3 Å². The summed E-state index contributed by atoms with van der Waals surface area (Å²) < 4.78 is 0. The second kappa shape index (κ2) is 21.5. The van der Waals surface area contributed by atoms with Crippen LogP contribution in [-0.2, 0) is 13.0 Å². The molecule has 0 aliphatic heterocycles. The van der Waals surface area contributed by atoms with Crippen LogP contribution in [0.1, 0.15) is 69.5 Å². The Labute approximate surface area is 119 Å². The van der Waals surface area contributed by atoms with E-state index in [2.05, 4.69) is 43.4 Å². The third-order valence-corrected chi connectivity index (χ3v) is 2.01. The Bertz CT molecular complexity index is 214. The van der Waals surface area contributed by atoms with E-state index in [4.69, 9.17) is 0 Å². The fourth-order valence-corrected chi connectivity index (χ4v) is 1.16. The van der Waals surface area contributed by atoms with Gasteiger partial charge in [0, 0.05) is 6.54 Å². The standard InChI is InChI=1S/C11H17N.6CH4/c1-3-10-5-7-11(8-6-10)9-12-4-2;;;;;;/h5-8,12H,3-4,9H2,1-2H3;6*1H4. The third-order valence-electron chi connectivity index (χ3n) is 2.01. The molecule has 1 rings (SSSR count). The maximum Gasteiger partial charge on any atom is 0.0205 e. The molecular weight excluding hydrogens is 218 g/mol. The van der Waals surface area contributed by atoms with Crippen LogP contribution in [-0.4, -0.2) is 6.54 Å². The van der Waals surface area contributed by atoms with E-state index in [-0.39, 0.29) is 44.6 Å². The molecule has 1 nitrogen and oxygen atoms in total. The van der Waals surface area contributed by atoms with Gasteiger partial charge in [0.05, 0.1) is 0 Å². The highest BCUT2D eigenvalue weighted by Crippen LogP contribution is 2.04. The summed E-state index contributed by atoms with van der Waals surface area (Å²) in [7, 11) is 0. The minimum absolute atomic E-state index is 0. The number of aryl methyl sites for hydroxylation is 1. The Hall–Kier alpha value is -0.820. The molecule has 114 valence electrons. The molecule has 0 aliphatic rings. The zero-order chi connectivity index (χ0) is 8.81. The molecule has 0 unspecified atom stereocenters. The Kier molecular flexibility index (Phi) is 42.9. The average Bonchev–Trinajstić information content (AvgIpc) is 2.15. The summed E-state index contributed by atoms with van der Waals surface area (Å²) in [6, 6.07) is 8.79. The van der Waals surface area contributed by atoms with Gasteiger partial charge in [0.25, 0.3) is 0 Å². The predicted molar refractivity (Wildman–Crippen MR) is 93.6 cm³/mol. The Morgan fingerprint density at radius 3 is 1.44 bits per heavy atom. The van der Waals surface area contributed by atoms with E-state index in [9.17, 15) is 0 Å². The molecule has 0 spiro atoms. The minimum atomic E-state index is 0. The highest BCUT2D eigenvalue weighted by Gasteiger charge is 1.91. The van der Waals surface area contributed by atoms with Crippen LogP contribution in [0, 0.1) is 0 Å². The fraction of sp³-hybridized carbons (Fsp3) is 0.647. The van der Waals surface area contributed by atoms with Crippen molar-refractivity contribution >= 4 is 0 Å². The van der Waals surface area contributed by atoms with E-state index in [1.54, 1.807) is 0 Å². The fourth-order valence-electron chi connectivity index (χ4n) is 1.16. The second-order valence-corrected chi connectivity index (χ2v) is 2.95. The maximum atomic E-state index is 3.30. The SMILES string of the molecule is C.C.C.C.C.C.CCNCc1ccc(CC)cc1. The van der Waals surface area contributed by atoms with E-state index in [0.717, 1.165) is 19.5 Å². The van der Waals surface area contributed by atoms with Gasteiger partial charge in [-0.15, -0.1) is 0 Å². The van der Waals surface area contributed by atoms with Crippen LogP contribution >= 0.6 is 0 Å². The van der Waals surface area contributed by atoms with Gasteiger partial charge in [-0.2, -0.15) is 0 Å². The smallest absolute Gasteiger partial charge is 0.0205 e. The van der Waals surface area contributed by atoms with Gasteiger partial charge in [0.2, 0.25) is 0 Å². The van der Waals surface area contributed by atoms with Gasteiger partial charge in [-0.25, -0.2) is 0 Å². The highest BCUT2D eigenvalue weighted by atomic mass is 14.8. The molecule has 0 aromatic heterocycles. The highest BCUT2D eigenvalue weighted by molar-refractivity contribution is 5.22. The minimum Gasteiger partial charge on any atom is -0.313 e. The molecule has 0 atom stereocenters. The average molecular weight is 260 g/mol. The molecule has 1 aromatic carbocycles. The van der Waals surface area contributed by atoms with Crippen molar-refractivity contribution in [2.24, 2.45) is 0 Å². The van der Waals surface area contributed by atoms with Crippen LogP contribution in [0.3, 0.4) is 0 Å². The molecule has 1 heteroatoms. The van der Waals surface area contributed by atoms with Crippen molar-refractivity contribution < 1.29 is 0 Å². The van der Waals surface area contributed by atoms with Gasteiger partial charge in [0.15, 0.2) is 0 Å². The molecule has 0 bridgehead atoms. The molecule has 1 N–H and O–H groups in total. The molecule has 1 aromatic rings. The van der Waals surface area contributed by atoms with E-state index in [1.165, 1.54) is 11.1 Å². The summed E-state index contributed by atoms with van der Waals surface area (Å²) in [6.45, 7) is 6.33. The molecule has 0 saturated carbocycles. The number of benzene rings is 1.